The molecule has 1 saturated heterocycles. The fraction of sp³-hybridized carbons (Fsp3) is 0.308. The van der Waals surface area contributed by atoms with E-state index in [4.69, 9.17) is 6.57 Å². The average Bonchev–Trinajstić information content (AvgIpc) is 3.56. The molecule has 3 aromatic heterocycles. The number of benzene rings is 1. The first-order valence-electron chi connectivity index (χ1n) is 12.3. The van der Waals surface area contributed by atoms with E-state index in [1.165, 1.54) is 4.90 Å². The van der Waals surface area contributed by atoms with Crippen molar-refractivity contribution < 1.29 is 13.6 Å². The highest BCUT2D eigenvalue weighted by Gasteiger charge is 2.47. The number of anilines is 3. The lowest BCUT2D eigenvalue weighted by Gasteiger charge is -2.38. The molecule has 1 amide bonds. The van der Waals surface area contributed by atoms with Crippen LogP contribution >= 0.6 is 0 Å². The number of hydrogen-bond acceptors (Lipinski definition) is 7. The van der Waals surface area contributed by atoms with Gasteiger partial charge in [0.25, 0.3) is 18.4 Å². The van der Waals surface area contributed by atoms with Crippen LogP contribution in [-0.4, -0.2) is 66.1 Å². The first kappa shape index (κ1) is 24.5. The highest BCUT2D eigenvalue weighted by molar-refractivity contribution is 5.94. The SMILES string of the molecule is [C-]#[N+]Cc1nc(Nc2ccc(-c3cn[nH]c3)cc2)nc(N2CCc3cc(C(=O)N4CC(F)(F)C4)n(C)c3C2)n1. The van der Waals surface area contributed by atoms with Crippen molar-refractivity contribution in [1.29, 1.82) is 0 Å². The Kier molecular flexibility index (Phi) is 5.94. The van der Waals surface area contributed by atoms with Crippen LogP contribution in [0.25, 0.3) is 16.0 Å². The van der Waals surface area contributed by atoms with Crippen molar-refractivity contribution in [1.82, 2.24) is 34.6 Å². The van der Waals surface area contributed by atoms with Gasteiger partial charge in [0, 0.05) is 36.7 Å². The summed E-state index contributed by atoms with van der Waals surface area (Å²) in [6.07, 6.45) is 4.20. The number of fused-ring (bicyclic) bond motifs is 1. The predicted molar refractivity (Wildman–Crippen MR) is 138 cm³/mol. The molecule has 0 unspecified atom stereocenters. The summed E-state index contributed by atoms with van der Waals surface area (Å²) in [5, 5.41) is 9.98. The van der Waals surface area contributed by atoms with Gasteiger partial charge in [-0.25, -0.2) is 15.4 Å². The van der Waals surface area contributed by atoms with E-state index >= 15 is 0 Å². The summed E-state index contributed by atoms with van der Waals surface area (Å²) in [6, 6.07) is 9.52. The summed E-state index contributed by atoms with van der Waals surface area (Å²) in [4.78, 5) is 32.9. The van der Waals surface area contributed by atoms with E-state index < -0.39 is 24.9 Å². The number of nitrogens with zero attached hydrogens (tertiary/aromatic N) is 8. The summed E-state index contributed by atoms with van der Waals surface area (Å²) in [5.74, 6) is -2.12. The molecule has 0 atom stereocenters. The number of likely N-dealkylation sites (tertiary alicyclic amines) is 1. The lowest BCUT2D eigenvalue weighted by Crippen LogP contribution is -2.58. The summed E-state index contributed by atoms with van der Waals surface area (Å²) < 4.78 is 28.4. The molecule has 5 heterocycles. The zero-order valence-corrected chi connectivity index (χ0v) is 21.0. The molecule has 2 aliphatic rings. The van der Waals surface area contributed by atoms with Gasteiger partial charge in [-0.15, -0.1) is 0 Å². The molecule has 2 aliphatic heterocycles. The molecule has 0 saturated carbocycles. The van der Waals surface area contributed by atoms with Crippen LogP contribution in [0.4, 0.5) is 26.4 Å². The van der Waals surface area contributed by atoms with Gasteiger partial charge in [-0.2, -0.15) is 20.1 Å². The van der Waals surface area contributed by atoms with Crippen LogP contribution in [0.5, 0.6) is 0 Å². The van der Waals surface area contributed by atoms with Crippen LogP contribution in [0.15, 0.2) is 42.7 Å². The van der Waals surface area contributed by atoms with E-state index in [0.29, 0.717) is 42.9 Å². The molecule has 0 radical (unpaired) electrons. The zero-order valence-electron chi connectivity index (χ0n) is 21.0. The number of nitrogens with one attached hydrogen (secondary N) is 2. The molecule has 0 spiro atoms. The largest absolute Gasteiger partial charge is 0.342 e. The third kappa shape index (κ3) is 4.76. The minimum absolute atomic E-state index is 0.00594. The molecule has 6 rings (SSSR count). The van der Waals surface area contributed by atoms with Crippen molar-refractivity contribution >= 4 is 23.5 Å². The second-order valence-electron chi connectivity index (χ2n) is 9.63. The number of alkyl halides is 2. The van der Waals surface area contributed by atoms with Gasteiger partial charge in [-0.1, -0.05) is 12.1 Å². The first-order valence-corrected chi connectivity index (χ1v) is 12.3. The number of amides is 1. The smallest absolute Gasteiger partial charge is 0.282 e. The molecular formula is C26H24F2N10O. The van der Waals surface area contributed by atoms with Crippen molar-refractivity contribution in [2.75, 3.05) is 29.9 Å². The van der Waals surface area contributed by atoms with Crippen LogP contribution in [0.1, 0.15) is 27.6 Å². The van der Waals surface area contributed by atoms with Gasteiger partial charge in [0.2, 0.25) is 17.7 Å². The zero-order chi connectivity index (χ0) is 27.1. The number of aromatic amines is 1. The Morgan fingerprint density at radius 1 is 1.18 bits per heavy atom. The monoisotopic (exact) mass is 530 g/mol. The standard InChI is InChI=1S/C26H24F2N10O/c1-29-12-22-33-24(32-19-5-3-16(4-6-19)18-10-30-31-11-18)35-25(34-22)37-8-7-17-9-20(36(2)21(17)13-37)23(39)38-14-26(27,28)15-38/h3-6,9-11H,7-8,12-15H2,2H3,(H,30,31)(H,32,33,34,35). The fourth-order valence-electron chi connectivity index (χ4n) is 4.87. The number of carbonyl (C=O) groups excluding carboxylic acids is 1. The number of hydrogen-bond donors (Lipinski definition) is 2. The van der Waals surface area contributed by atoms with Crippen molar-refractivity contribution in [2.45, 2.75) is 25.4 Å². The quantitative estimate of drug-likeness (QED) is 0.368. The lowest BCUT2D eigenvalue weighted by molar-refractivity contribution is -0.113. The summed E-state index contributed by atoms with van der Waals surface area (Å²) >= 11 is 0. The van der Waals surface area contributed by atoms with Gasteiger partial charge in [-0.3, -0.25) is 9.89 Å². The van der Waals surface area contributed by atoms with Crippen LogP contribution in [0, 0.1) is 6.57 Å². The van der Waals surface area contributed by atoms with Gasteiger partial charge in [-0.05, 0) is 35.7 Å². The maximum atomic E-state index is 13.3. The maximum absolute atomic E-state index is 13.3. The molecule has 1 fully saturated rings. The van der Waals surface area contributed by atoms with Crippen molar-refractivity contribution in [3.05, 3.63) is 76.9 Å². The van der Waals surface area contributed by atoms with E-state index in [1.807, 2.05) is 35.4 Å². The number of H-pyrrole nitrogens is 1. The minimum Gasteiger partial charge on any atom is -0.342 e. The Balaban J connectivity index is 1.23. The highest BCUT2D eigenvalue weighted by Crippen LogP contribution is 2.31. The first-order chi connectivity index (χ1) is 18.8. The predicted octanol–water partition coefficient (Wildman–Crippen LogP) is 3.42. The van der Waals surface area contributed by atoms with E-state index in [-0.39, 0.29) is 6.54 Å². The lowest BCUT2D eigenvalue weighted by atomic mass is 10.1. The minimum atomic E-state index is -2.81. The van der Waals surface area contributed by atoms with Crippen LogP contribution < -0.4 is 10.2 Å². The van der Waals surface area contributed by atoms with Crippen molar-refractivity contribution in [3.63, 3.8) is 0 Å². The maximum Gasteiger partial charge on any atom is 0.282 e. The second kappa shape index (κ2) is 9.46. The normalized spacial score (nSPS) is 15.8. The van der Waals surface area contributed by atoms with Gasteiger partial charge >= 0.3 is 0 Å². The van der Waals surface area contributed by atoms with E-state index in [1.54, 1.807) is 23.9 Å². The second-order valence-corrected chi connectivity index (χ2v) is 9.63. The van der Waals surface area contributed by atoms with Gasteiger partial charge < -0.3 is 24.5 Å². The summed E-state index contributed by atoms with van der Waals surface area (Å²) in [6.45, 7) is 7.20. The van der Waals surface area contributed by atoms with Gasteiger partial charge in [0.15, 0.2) is 0 Å². The van der Waals surface area contributed by atoms with Crippen molar-refractivity contribution in [2.24, 2.45) is 7.05 Å². The number of carbonyl (C=O) groups is 1. The molecule has 13 heteroatoms. The van der Waals surface area contributed by atoms with Gasteiger partial charge in [0.05, 0.1) is 25.8 Å². The summed E-state index contributed by atoms with van der Waals surface area (Å²) in [7, 11) is 1.77. The third-order valence-electron chi connectivity index (χ3n) is 6.94. The third-order valence-corrected chi connectivity index (χ3v) is 6.94. The van der Waals surface area contributed by atoms with E-state index in [9.17, 15) is 13.6 Å². The summed E-state index contributed by atoms with van der Waals surface area (Å²) in [5.41, 5.74) is 5.04. The fourth-order valence-corrected chi connectivity index (χ4v) is 4.87. The Hall–Kier alpha value is -4.86. The molecule has 39 heavy (non-hydrogen) atoms. The Labute approximate surface area is 222 Å². The molecule has 1 aromatic carbocycles. The molecule has 0 aliphatic carbocycles. The molecular weight excluding hydrogens is 506 g/mol. The molecule has 2 N–H and O–H groups in total. The number of rotatable bonds is 6. The van der Waals surface area contributed by atoms with Crippen LogP contribution in [0.2, 0.25) is 0 Å². The number of halogens is 2. The van der Waals surface area contributed by atoms with E-state index in [2.05, 4.69) is 35.3 Å². The Morgan fingerprint density at radius 2 is 1.97 bits per heavy atom. The molecule has 198 valence electrons. The topological polar surface area (TPSA) is 112 Å². The van der Waals surface area contributed by atoms with Gasteiger partial charge in [0.1, 0.15) is 5.69 Å². The van der Waals surface area contributed by atoms with E-state index in [0.717, 1.165) is 28.1 Å². The van der Waals surface area contributed by atoms with Crippen molar-refractivity contribution in [3.8, 4) is 11.1 Å². The Morgan fingerprint density at radius 3 is 2.67 bits per heavy atom. The molecule has 4 aromatic rings. The van der Waals surface area contributed by atoms with Crippen LogP contribution in [-0.2, 0) is 26.6 Å². The number of aromatic nitrogens is 6. The highest BCUT2D eigenvalue weighted by atomic mass is 19.3. The average molecular weight is 531 g/mol. The van der Waals surface area contributed by atoms with Crippen LogP contribution in [0.3, 0.4) is 0 Å². The Bertz CT molecular complexity index is 1570. The molecule has 0 bridgehead atoms. The molecule has 11 nitrogen and oxygen atoms in total.